The normalized spacial score (nSPS) is 21.7. The predicted molar refractivity (Wildman–Crippen MR) is 130 cm³/mol. The third-order valence-electron chi connectivity index (χ3n) is 6.64. The molecule has 1 aliphatic carbocycles. The van der Waals surface area contributed by atoms with Crippen LogP contribution in [0.15, 0.2) is 71.1 Å². The molecule has 0 amide bonds. The van der Waals surface area contributed by atoms with Crippen molar-refractivity contribution in [1.82, 2.24) is 5.32 Å². The summed E-state index contributed by atoms with van der Waals surface area (Å²) >= 11 is 6.54. The number of ether oxygens (including phenoxy) is 3. The molecule has 0 fully saturated rings. The van der Waals surface area contributed by atoms with Crippen LogP contribution in [0.4, 0.5) is 0 Å². The van der Waals surface area contributed by atoms with Gasteiger partial charge in [0, 0.05) is 33.8 Å². The number of allylic oxidation sites excluding steroid dienone is 3. The Morgan fingerprint density at radius 3 is 2.29 bits per heavy atom. The molecule has 0 saturated heterocycles. The average Bonchev–Trinajstić information content (AvgIpc) is 2.87. The quantitative estimate of drug-likeness (QED) is 0.489. The topological polar surface area (TPSA) is 90.9 Å². The Kier molecular flexibility index (Phi) is 6.98. The van der Waals surface area contributed by atoms with Crippen LogP contribution in [0.1, 0.15) is 36.3 Å². The molecule has 0 radical (unpaired) electrons. The van der Waals surface area contributed by atoms with Gasteiger partial charge in [-0.05, 0) is 42.7 Å². The molecule has 35 heavy (non-hydrogen) atoms. The minimum absolute atomic E-state index is 0.277. The number of ketones is 1. The number of hydrogen-bond acceptors (Lipinski definition) is 7. The van der Waals surface area contributed by atoms with E-state index in [2.05, 4.69) is 5.32 Å². The zero-order valence-corrected chi connectivity index (χ0v) is 20.6. The molecule has 1 aliphatic heterocycles. The number of Topliss-reactive ketones (excluding diaryl/α,β-unsaturated/α-hetero) is 1. The highest BCUT2D eigenvalue weighted by Crippen LogP contribution is 2.49. The molecular weight excluding hydrogens is 470 g/mol. The van der Waals surface area contributed by atoms with E-state index in [0.29, 0.717) is 39.7 Å². The van der Waals surface area contributed by atoms with Crippen molar-refractivity contribution >= 4 is 29.3 Å². The zero-order chi connectivity index (χ0) is 25.3. The summed E-state index contributed by atoms with van der Waals surface area (Å²) in [4.78, 5) is 39.9. The first kappa shape index (κ1) is 24.5. The molecule has 2 aromatic rings. The molecule has 0 aromatic heterocycles. The molecule has 0 spiro atoms. The van der Waals surface area contributed by atoms with E-state index in [0.717, 1.165) is 5.56 Å². The van der Waals surface area contributed by atoms with Crippen molar-refractivity contribution in [3.05, 3.63) is 87.2 Å². The highest BCUT2D eigenvalue weighted by atomic mass is 35.5. The summed E-state index contributed by atoms with van der Waals surface area (Å²) in [5, 5.41) is 3.65. The highest BCUT2D eigenvalue weighted by molar-refractivity contribution is 6.31. The molecule has 182 valence electrons. The summed E-state index contributed by atoms with van der Waals surface area (Å²) in [5.74, 6) is -3.30. The number of rotatable bonds is 5. The molecule has 2 aromatic carbocycles. The largest absolute Gasteiger partial charge is 0.497 e. The van der Waals surface area contributed by atoms with E-state index in [9.17, 15) is 14.4 Å². The first-order chi connectivity index (χ1) is 16.8. The van der Waals surface area contributed by atoms with Gasteiger partial charge in [-0.3, -0.25) is 9.59 Å². The van der Waals surface area contributed by atoms with Crippen LogP contribution < -0.4 is 10.1 Å². The fourth-order valence-electron chi connectivity index (χ4n) is 5.00. The van der Waals surface area contributed by atoms with Crippen molar-refractivity contribution < 1.29 is 28.6 Å². The van der Waals surface area contributed by atoms with E-state index in [-0.39, 0.29) is 5.57 Å². The lowest BCUT2D eigenvalue weighted by Gasteiger charge is -2.39. The Hall–Kier alpha value is -3.58. The van der Waals surface area contributed by atoms with E-state index >= 15 is 0 Å². The van der Waals surface area contributed by atoms with E-state index in [1.54, 1.807) is 50.4 Å². The molecule has 0 saturated carbocycles. The van der Waals surface area contributed by atoms with Crippen LogP contribution in [0.2, 0.25) is 5.02 Å². The molecule has 0 unspecified atom stereocenters. The van der Waals surface area contributed by atoms with Gasteiger partial charge < -0.3 is 19.5 Å². The van der Waals surface area contributed by atoms with Crippen molar-refractivity contribution in [2.45, 2.75) is 25.2 Å². The van der Waals surface area contributed by atoms with Crippen molar-refractivity contribution in [2.75, 3.05) is 21.3 Å². The van der Waals surface area contributed by atoms with Crippen LogP contribution in [-0.4, -0.2) is 39.1 Å². The summed E-state index contributed by atoms with van der Waals surface area (Å²) in [5.41, 5.74) is 3.20. The van der Waals surface area contributed by atoms with Gasteiger partial charge in [-0.1, -0.05) is 41.9 Å². The SMILES string of the molecule is COC(=O)C1=C(C)NC2=C(C(=O)[C@H](C(=O)OC)[C@@H](c3ccc(OC)cc3)C2)[C@H]1c1ccccc1Cl. The maximum Gasteiger partial charge on any atom is 0.336 e. The highest BCUT2D eigenvalue weighted by Gasteiger charge is 2.49. The van der Waals surface area contributed by atoms with Gasteiger partial charge in [0.1, 0.15) is 11.7 Å². The lowest BCUT2D eigenvalue weighted by molar-refractivity contribution is -0.150. The number of methoxy groups -OCH3 is 3. The fourth-order valence-corrected chi connectivity index (χ4v) is 5.24. The lowest BCUT2D eigenvalue weighted by atomic mass is 9.67. The van der Waals surface area contributed by atoms with Crippen molar-refractivity contribution in [2.24, 2.45) is 5.92 Å². The summed E-state index contributed by atoms with van der Waals surface area (Å²) in [6.45, 7) is 1.76. The second kappa shape index (κ2) is 9.96. The van der Waals surface area contributed by atoms with E-state index in [1.165, 1.54) is 14.2 Å². The first-order valence-corrected chi connectivity index (χ1v) is 11.5. The fraction of sp³-hybridized carbons (Fsp3) is 0.296. The predicted octanol–water partition coefficient (Wildman–Crippen LogP) is 4.28. The van der Waals surface area contributed by atoms with Gasteiger partial charge >= 0.3 is 11.9 Å². The number of carbonyl (C=O) groups is 3. The Labute approximate surface area is 208 Å². The van der Waals surface area contributed by atoms with Gasteiger partial charge in [0.2, 0.25) is 0 Å². The van der Waals surface area contributed by atoms with Gasteiger partial charge in [0.25, 0.3) is 0 Å². The Morgan fingerprint density at radius 1 is 1.00 bits per heavy atom. The minimum Gasteiger partial charge on any atom is -0.497 e. The molecule has 2 aliphatic rings. The van der Waals surface area contributed by atoms with Gasteiger partial charge in [-0.2, -0.15) is 0 Å². The smallest absolute Gasteiger partial charge is 0.336 e. The minimum atomic E-state index is -1.09. The number of esters is 2. The van der Waals surface area contributed by atoms with Crippen LogP contribution in [0, 0.1) is 5.92 Å². The lowest BCUT2D eigenvalue weighted by Crippen LogP contribution is -2.43. The molecule has 3 atom stereocenters. The molecule has 7 nitrogen and oxygen atoms in total. The number of benzene rings is 2. The van der Waals surface area contributed by atoms with Gasteiger partial charge in [0.15, 0.2) is 5.78 Å². The Morgan fingerprint density at radius 2 is 1.69 bits per heavy atom. The molecule has 8 heteroatoms. The molecule has 1 N–H and O–H groups in total. The summed E-state index contributed by atoms with van der Waals surface area (Å²) in [7, 11) is 4.12. The Bertz CT molecular complexity index is 1250. The van der Waals surface area contributed by atoms with E-state index < -0.39 is 35.5 Å². The van der Waals surface area contributed by atoms with E-state index in [1.807, 2.05) is 12.1 Å². The number of nitrogens with one attached hydrogen (secondary N) is 1. The molecule has 1 heterocycles. The van der Waals surface area contributed by atoms with Gasteiger partial charge in [-0.25, -0.2) is 4.79 Å². The number of carbonyl (C=O) groups excluding carboxylic acids is 3. The van der Waals surface area contributed by atoms with Gasteiger partial charge in [0.05, 0.1) is 26.9 Å². The van der Waals surface area contributed by atoms with Crippen molar-refractivity contribution in [3.8, 4) is 5.75 Å². The average molecular weight is 496 g/mol. The van der Waals surface area contributed by atoms with Crippen LogP contribution in [0.3, 0.4) is 0 Å². The molecule has 4 rings (SSSR count). The molecular formula is C27H26ClNO6. The summed E-state index contributed by atoms with van der Waals surface area (Å²) in [6.07, 6.45) is 0.361. The maximum absolute atomic E-state index is 14.1. The standard InChI is InChI=1S/C27H26ClNO6/c1-14-21(26(31)34-3)22(17-7-5-6-8-19(17)28)24-20(29-14)13-18(23(25(24)30)27(32)35-4)15-9-11-16(33-2)12-10-15/h5-12,18,22-23,29H,13H2,1-4H3/t18-,22+,23-/m1/s1. The zero-order valence-electron chi connectivity index (χ0n) is 19.9. The monoisotopic (exact) mass is 495 g/mol. The summed E-state index contributed by atoms with van der Waals surface area (Å²) in [6, 6.07) is 14.3. The van der Waals surface area contributed by atoms with Crippen LogP contribution in [0.25, 0.3) is 0 Å². The first-order valence-electron chi connectivity index (χ1n) is 11.1. The number of hydrogen-bond donors (Lipinski definition) is 1. The second-order valence-corrected chi connectivity index (χ2v) is 8.86. The van der Waals surface area contributed by atoms with E-state index in [4.69, 9.17) is 25.8 Å². The third kappa shape index (κ3) is 4.32. The Balaban J connectivity index is 1.90. The number of dihydropyridines is 1. The number of halogens is 1. The van der Waals surface area contributed by atoms with Crippen LogP contribution >= 0.6 is 11.6 Å². The second-order valence-electron chi connectivity index (χ2n) is 8.45. The van der Waals surface area contributed by atoms with Gasteiger partial charge in [-0.15, -0.1) is 0 Å². The van der Waals surface area contributed by atoms with Crippen LogP contribution in [-0.2, 0) is 23.9 Å². The van der Waals surface area contributed by atoms with Crippen molar-refractivity contribution in [3.63, 3.8) is 0 Å². The van der Waals surface area contributed by atoms with Crippen LogP contribution in [0.5, 0.6) is 5.75 Å². The third-order valence-corrected chi connectivity index (χ3v) is 6.98. The molecule has 0 bridgehead atoms. The maximum atomic E-state index is 14.1. The summed E-state index contributed by atoms with van der Waals surface area (Å²) < 4.78 is 15.4. The van der Waals surface area contributed by atoms with Crippen molar-refractivity contribution in [1.29, 1.82) is 0 Å².